The molecule has 0 saturated carbocycles. The summed E-state index contributed by atoms with van der Waals surface area (Å²) < 4.78 is 4.68. The van der Waals surface area contributed by atoms with Gasteiger partial charge >= 0.3 is 5.97 Å². The third-order valence-corrected chi connectivity index (χ3v) is 4.21. The van der Waals surface area contributed by atoms with Gasteiger partial charge in [0.2, 0.25) is 0 Å². The van der Waals surface area contributed by atoms with Crippen LogP contribution in [0.3, 0.4) is 0 Å². The number of methoxy groups -OCH3 is 1. The van der Waals surface area contributed by atoms with E-state index in [2.05, 4.69) is 24.7 Å². The van der Waals surface area contributed by atoms with Gasteiger partial charge in [-0.3, -0.25) is 0 Å². The summed E-state index contributed by atoms with van der Waals surface area (Å²) in [6.07, 6.45) is 0.825. The summed E-state index contributed by atoms with van der Waals surface area (Å²) in [6, 6.07) is 10.9. The van der Waals surface area contributed by atoms with Gasteiger partial charge in [-0.15, -0.1) is 0 Å². The molecule has 0 aromatic heterocycles. The van der Waals surface area contributed by atoms with E-state index in [1.165, 1.54) is 19.2 Å². The minimum atomic E-state index is -0.504. The Bertz CT molecular complexity index is 800. The average molecular weight is 362 g/mol. The first-order chi connectivity index (χ1) is 11.4. The standard InChI is InChI=1S/C19H17Cl2NO2/c1-11(2)6-12-4-5-13(7-15(12)10-22)18-16(20)8-14(9-17(18)21)19(23)24-3/h4-5,7-9,11H,6H2,1-3H3. The van der Waals surface area contributed by atoms with Crippen LogP contribution in [0, 0.1) is 17.2 Å². The maximum atomic E-state index is 11.6. The molecule has 0 radical (unpaired) electrons. The molecule has 3 nitrogen and oxygen atoms in total. The van der Waals surface area contributed by atoms with Crippen molar-refractivity contribution in [3.05, 3.63) is 57.1 Å². The molecule has 0 fully saturated rings. The van der Waals surface area contributed by atoms with Crippen molar-refractivity contribution in [2.45, 2.75) is 20.3 Å². The van der Waals surface area contributed by atoms with Crippen LogP contribution in [0.25, 0.3) is 11.1 Å². The van der Waals surface area contributed by atoms with Gasteiger partial charge in [-0.1, -0.05) is 49.2 Å². The summed E-state index contributed by atoms with van der Waals surface area (Å²) in [5, 5.41) is 10.1. The summed E-state index contributed by atoms with van der Waals surface area (Å²) >= 11 is 12.6. The zero-order valence-electron chi connectivity index (χ0n) is 13.7. The van der Waals surface area contributed by atoms with Crippen molar-refractivity contribution in [2.24, 2.45) is 5.92 Å². The Balaban J connectivity index is 2.53. The number of hydrogen-bond acceptors (Lipinski definition) is 3. The van der Waals surface area contributed by atoms with Crippen LogP contribution in [-0.2, 0) is 11.2 Å². The molecule has 2 rings (SSSR count). The lowest BCUT2D eigenvalue weighted by atomic mass is 9.94. The van der Waals surface area contributed by atoms with Crippen molar-refractivity contribution < 1.29 is 9.53 Å². The number of esters is 1. The van der Waals surface area contributed by atoms with Crippen LogP contribution >= 0.6 is 23.2 Å². The number of carbonyl (C=O) groups excluding carboxylic acids is 1. The molecule has 5 heteroatoms. The molecule has 24 heavy (non-hydrogen) atoms. The van der Waals surface area contributed by atoms with Crippen LogP contribution in [-0.4, -0.2) is 13.1 Å². The summed E-state index contributed by atoms with van der Waals surface area (Å²) in [6.45, 7) is 4.21. The van der Waals surface area contributed by atoms with Gasteiger partial charge in [0.15, 0.2) is 0 Å². The second-order valence-electron chi connectivity index (χ2n) is 5.89. The highest BCUT2D eigenvalue weighted by molar-refractivity contribution is 6.39. The Kier molecular flexibility index (Phi) is 5.88. The van der Waals surface area contributed by atoms with Crippen LogP contribution < -0.4 is 0 Å². The van der Waals surface area contributed by atoms with Crippen molar-refractivity contribution in [2.75, 3.05) is 7.11 Å². The summed E-state index contributed by atoms with van der Waals surface area (Å²) in [7, 11) is 1.30. The highest BCUT2D eigenvalue weighted by Crippen LogP contribution is 2.37. The molecule has 124 valence electrons. The molecule has 0 N–H and O–H groups in total. The first-order valence-electron chi connectivity index (χ1n) is 7.48. The number of rotatable bonds is 4. The van der Waals surface area contributed by atoms with Crippen molar-refractivity contribution in [3.63, 3.8) is 0 Å². The molecule has 0 atom stereocenters. The predicted octanol–water partition coefficient (Wildman–Crippen LogP) is 5.52. The van der Waals surface area contributed by atoms with Gasteiger partial charge in [0, 0.05) is 5.56 Å². The summed E-state index contributed by atoms with van der Waals surface area (Å²) in [5.74, 6) is -0.0511. The van der Waals surface area contributed by atoms with E-state index < -0.39 is 5.97 Å². The Morgan fingerprint density at radius 2 is 1.83 bits per heavy atom. The minimum absolute atomic E-state index is 0.285. The molecular formula is C19H17Cl2NO2. The van der Waals surface area contributed by atoms with Crippen molar-refractivity contribution in [1.29, 1.82) is 5.26 Å². The van der Waals surface area contributed by atoms with Gasteiger partial charge in [0.25, 0.3) is 0 Å². The van der Waals surface area contributed by atoms with Crippen LogP contribution in [0.2, 0.25) is 10.0 Å². The van der Waals surface area contributed by atoms with Crippen molar-refractivity contribution in [3.8, 4) is 17.2 Å². The lowest BCUT2D eigenvalue weighted by Gasteiger charge is -2.12. The SMILES string of the molecule is COC(=O)c1cc(Cl)c(-c2ccc(CC(C)C)c(C#N)c2)c(Cl)c1. The molecule has 0 saturated heterocycles. The molecule has 0 amide bonds. The Morgan fingerprint density at radius 3 is 2.33 bits per heavy atom. The fourth-order valence-electron chi connectivity index (χ4n) is 2.54. The maximum Gasteiger partial charge on any atom is 0.337 e. The van der Waals surface area contributed by atoms with Gasteiger partial charge in [-0.2, -0.15) is 5.26 Å². The third-order valence-electron chi connectivity index (χ3n) is 3.61. The molecule has 0 spiro atoms. The van der Waals surface area contributed by atoms with Gasteiger partial charge < -0.3 is 4.74 Å². The molecule has 0 aliphatic carbocycles. The van der Waals surface area contributed by atoms with Crippen LogP contribution in [0.5, 0.6) is 0 Å². The van der Waals surface area contributed by atoms with Gasteiger partial charge in [0.05, 0.1) is 34.4 Å². The third kappa shape index (κ3) is 3.90. The van der Waals surface area contributed by atoms with E-state index in [-0.39, 0.29) is 5.56 Å². The van der Waals surface area contributed by atoms with Gasteiger partial charge in [-0.25, -0.2) is 4.79 Å². The number of benzene rings is 2. The Labute approximate surface area is 151 Å². The topological polar surface area (TPSA) is 50.1 Å². The smallest absolute Gasteiger partial charge is 0.337 e. The number of halogens is 2. The highest BCUT2D eigenvalue weighted by atomic mass is 35.5. The van der Waals surface area contributed by atoms with Gasteiger partial charge in [0.1, 0.15) is 0 Å². The molecule has 0 heterocycles. The molecule has 0 bridgehead atoms. The number of hydrogen-bond donors (Lipinski definition) is 0. The quantitative estimate of drug-likeness (QED) is 0.673. The van der Waals surface area contributed by atoms with E-state index in [4.69, 9.17) is 23.2 Å². The highest BCUT2D eigenvalue weighted by Gasteiger charge is 2.16. The number of ether oxygens (including phenoxy) is 1. The second-order valence-corrected chi connectivity index (χ2v) is 6.70. The lowest BCUT2D eigenvalue weighted by Crippen LogP contribution is -2.02. The molecule has 2 aromatic carbocycles. The number of nitrogens with zero attached hydrogens (tertiary/aromatic N) is 1. The number of nitriles is 1. The summed E-state index contributed by atoms with van der Waals surface area (Å²) in [4.78, 5) is 11.6. The van der Waals surface area contributed by atoms with Crippen LogP contribution in [0.1, 0.15) is 35.3 Å². The fraction of sp³-hybridized carbons (Fsp3) is 0.263. The van der Waals surface area contributed by atoms with E-state index in [1.807, 2.05) is 12.1 Å². The Hall–Kier alpha value is -2.02. The lowest BCUT2D eigenvalue weighted by molar-refractivity contribution is 0.0601. The molecule has 0 aliphatic heterocycles. The molecule has 2 aromatic rings. The second kappa shape index (κ2) is 7.70. The molecular weight excluding hydrogens is 345 g/mol. The monoisotopic (exact) mass is 361 g/mol. The normalized spacial score (nSPS) is 10.5. The summed E-state index contributed by atoms with van der Waals surface area (Å²) in [5.41, 5.74) is 3.22. The van der Waals surface area contributed by atoms with Gasteiger partial charge in [-0.05, 0) is 41.7 Å². The van der Waals surface area contributed by atoms with E-state index >= 15 is 0 Å². The minimum Gasteiger partial charge on any atom is -0.465 e. The zero-order valence-corrected chi connectivity index (χ0v) is 15.2. The fourth-order valence-corrected chi connectivity index (χ4v) is 3.24. The van der Waals surface area contributed by atoms with E-state index in [9.17, 15) is 10.1 Å². The zero-order chi connectivity index (χ0) is 17.9. The van der Waals surface area contributed by atoms with E-state index in [1.54, 1.807) is 6.07 Å². The molecule has 0 unspecified atom stereocenters. The first kappa shape index (κ1) is 18.3. The van der Waals surface area contributed by atoms with E-state index in [0.29, 0.717) is 27.1 Å². The number of carbonyl (C=O) groups is 1. The average Bonchev–Trinajstić information content (AvgIpc) is 2.54. The van der Waals surface area contributed by atoms with Crippen molar-refractivity contribution >= 4 is 29.2 Å². The van der Waals surface area contributed by atoms with Crippen LogP contribution in [0.4, 0.5) is 0 Å². The van der Waals surface area contributed by atoms with Crippen LogP contribution in [0.15, 0.2) is 30.3 Å². The molecule has 0 aliphatic rings. The van der Waals surface area contributed by atoms with Crippen molar-refractivity contribution in [1.82, 2.24) is 0 Å². The maximum absolute atomic E-state index is 11.6. The predicted molar refractivity (Wildman–Crippen MR) is 96.5 cm³/mol. The Morgan fingerprint density at radius 1 is 1.21 bits per heavy atom. The largest absolute Gasteiger partial charge is 0.465 e. The van der Waals surface area contributed by atoms with E-state index in [0.717, 1.165) is 17.5 Å². The first-order valence-corrected chi connectivity index (χ1v) is 8.23.